The summed E-state index contributed by atoms with van der Waals surface area (Å²) in [5.41, 5.74) is 13.1. The van der Waals surface area contributed by atoms with Gasteiger partial charge in [0.1, 0.15) is 6.07 Å². The number of nitriles is 1. The Kier molecular flexibility index (Phi) is 7.21. The van der Waals surface area contributed by atoms with Gasteiger partial charge in [-0.05, 0) is 73.5 Å². The van der Waals surface area contributed by atoms with Crippen LogP contribution >= 0.6 is 0 Å². The van der Waals surface area contributed by atoms with Crippen molar-refractivity contribution in [2.45, 2.75) is 32.1 Å². The molecule has 194 valence electrons. The van der Waals surface area contributed by atoms with Crippen LogP contribution in [-0.4, -0.2) is 64.4 Å². The minimum Gasteiger partial charge on any atom is -0.368 e. The molecule has 1 unspecified atom stereocenters. The zero-order valence-corrected chi connectivity index (χ0v) is 22.2. The van der Waals surface area contributed by atoms with Gasteiger partial charge in [-0.1, -0.05) is 30.7 Å². The Balaban J connectivity index is 1.30. The number of hydrogen-bond acceptors (Lipinski definition) is 7. The number of likely N-dealkylation sites (tertiary alicyclic amines) is 1. The number of benzene rings is 1. The minimum absolute atomic E-state index is 0.0361. The highest BCUT2D eigenvalue weighted by molar-refractivity contribution is 5.93. The standard InChI is InChI=1S/C30H33N7O/c1-19-14-27-25(24(8-11-33-27)26-17-34-30(32)35-28(26)16-31)15-23(19)18-37-12-9-21(10-13-37)20-4-6-22(7-5-20)29(38)36(2)3/h4-8,11,15,17,19,21H,9-10,12-14,18H2,1-3H3,(H2,32,34,35). The fourth-order valence-corrected chi connectivity index (χ4v) is 5.54. The molecular weight excluding hydrogens is 474 g/mol. The van der Waals surface area contributed by atoms with Crippen LogP contribution in [0.4, 0.5) is 5.95 Å². The number of nitrogens with two attached hydrogens (primary N) is 1. The van der Waals surface area contributed by atoms with Gasteiger partial charge in [-0.2, -0.15) is 5.26 Å². The van der Waals surface area contributed by atoms with Crippen LogP contribution in [0.3, 0.4) is 0 Å². The first-order chi connectivity index (χ1) is 18.3. The van der Waals surface area contributed by atoms with Crippen LogP contribution in [0, 0.1) is 17.2 Å². The lowest BCUT2D eigenvalue weighted by Crippen LogP contribution is -2.36. The second-order valence-electron chi connectivity index (χ2n) is 10.5. The number of amides is 1. The number of hydrogen-bond donors (Lipinski definition) is 1. The highest BCUT2D eigenvalue weighted by Crippen LogP contribution is 2.36. The summed E-state index contributed by atoms with van der Waals surface area (Å²) in [7, 11) is 3.56. The molecule has 8 heteroatoms. The molecule has 0 spiro atoms. The zero-order valence-electron chi connectivity index (χ0n) is 22.2. The lowest BCUT2D eigenvalue weighted by molar-refractivity contribution is 0.0827. The van der Waals surface area contributed by atoms with Crippen molar-refractivity contribution in [2.24, 2.45) is 5.92 Å². The number of nitrogens with zero attached hydrogens (tertiary/aromatic N) is 6. The number of carbonyl (C=O) groups excluding carboxylic acids is 1. The second kappa shape index (κ2) is 10.7. The van der Waals surface area contributed by atoms with Crippen molar-refractivity contribution in [3.05, 3.63) is 76.4 Å². The first kappa shape index (κ1) is 25.6. The largest absolute Gasteiger partial charge is 0.368 e. The molecule has 1 aliphatic carbocycles. The molecule has 1 saturated heterocycles. The maximum absolute atomic E-state index is 12.2. The molecule has 1 fully saturated rings. The molecule has 2 N–H and O–H groups in total. The van der Waals surface area contributed by atoms with Gasteiger partial charge in [0.2, 0.25) is 5.95 Å². The predicted octanol–water partition coefficient (Wildman–Crippen LogP) is 4.15. The van der Waals surface area contributed by atoms with Gasteiger partial charge in [0.05, 0.1) is 0 Å². The van der Waals surface area contributed by atoms with Crippen molar-refractivity contribution >= 4 is 17.9 Å². The second-order valence-corrected chi connectivity index (χ2v) is 10.5. The number of rotatable bonds is 5. The number of piperidine rings is 1. The van der Waals surface area contributed by atoms with Gasteiger partial charge in [0.25, 0.3) is 5.91 Å². The van der Waals surface area contributed by atoms with E-state index in [2.05, 4.69) is 51.1 Å². The molecule has 0 bridgehead atoms. The molecule has 3 aromatic rings. The van der Waals surface area contributed by atoms with Crippen LogP contribution in [0.15, 0.2) is 48.3 Å². The van der Waals surface area contributed by atoms with E-state index in [4.69, 9.17) is 5.73 Å². The summed E-state index contributed by atoms with van der Waals surface area (Å²) in [6.07, 6.45) is 8.75. The average molecular weight is 508 g/mol. The topological polar surface area (TPSA) is 112 Å². The van der Waals surface area contributed by atoms with Gasteiger partial charge >= 0.3 is 0 Å². The SMILES string of the molecule is CC1Cc2nccc(-c3cnc(N)nc3C#N)c2C=C1CN1CCC(c2ccc(C(=O)N(C)C)cc2)CC1. The number of carbonyl (C=O) groups is 1. The summed E-state index contributed by atoms with van der Waals surface area (Å²) in [4.78, 5) is 29.3. The fraction of sp³-hybridized carbons (Fsp3) is 0.367. The lowest BCUT2D eigenvalue weighted by Gasteiger charge is -2.35. The van der Waals surface area contributed by atoms with E-state index < -0.39 is 0 Å². The highest BCUT2D eigenvalue weighted by Gasteiger charge is 2.26. The van der Waals surface area contributed by atoms with E-state index in [1.54, 1.807) is 31.4 Å². The lowest BCUT2D eigenvalue weighted by atomic mass is 9.83. The van der Waals surface area contributed by atoms with Crippen LogP contribution in [0.2, 0.25) is 0 Å². The number of anilines is 1. The first-order valence-corrected chi connectivity index (χ1v) is 13.1. The van der Waals surface area contributed by atoms with E-state index in [-0.39, 0.29) is 17.5 Å². The van der Waals surface area contributed by atoms with E-state index >= 15 is 0 Å². The van der Waals surface area contributed by atoms with Gasteiger partial charge in [0, 0.05) is 55.4 Å². The van der Waals surface area contributed by atoms with Crippen LogP contribution in [-0.2, 0) is 6.42 Å². The van der Waals surface area contributed by atoms with E-state index in [9.17, 15) is 10.1 Å². The van der Waals surface area contributed by atoms with Crippen molar-refractivity contribution in [3.63, 3.8) is 0 Å². The number of nitrogen functional groups attached to an aromatic ring is 1. The molecule has 0 radical (unpaired) electrons. The Morgan fingerprint density at radius 3 is 2.55 bits per heavy atom. The molecule has 8 nitrogen and oxygen atoms in total. The van der Waals surface area contributed by atoms with Gasteiger partial charge in [-0.25, -0.2) is 9.97 Å². The van der Waals surface area contributed by atoms with E-state index in [1.807, 2.05) is 18.2 Å². The van der Waals surface area contributed by atoms with Gasteiger partial charge in [-0.15, -0.1) is 0 Å². The number of aromatic nitrogens is 3. The van der Waals surface area contributed by atoms with Crippen LogP contribution < -0.4 is 5.73 Å². The van der Waals surface area contributed by atoms with Crippen molar-refractivity contribution in [1.82, 2.24) is 24.8 Å². The smallest absolute Gasteiger partial charge is 0.253 e. The summed E-state index contributed by atoms with van der Waals surface area (Å²) in [5.74, 6) is 1.04. The third-order valence-electron chi connectivity index (χ3n) is 7.77. The molecule has 1 amide bonds. The first-order valence-electron chi connectivity index (χ1n) is 13.1. The molecule has 5 rings (SSSR count). The van der Waals surface area contributed by atoms with Gasteiger partial charge in [-0.3, -0.25) is 14.7 Å². The molecule has 38 heavy (non-hydrogen) atoms. The molecule has 2 aromatic heterocycles. The van der Waals surface area contributed by atoms with Crippen molar-refractivity contribution in [3.8, 4) is 17.2 Å². The summed E-state index contributed by atoms with van der Waals surface area (Å²) in [5, 5.41) is 9.63. The third-order valence-corrected chi connectivity index (χ3v) is 7.77. The van der Waals surface area contributed by atoms with E-state index in [0.29, 0.717) is 17.4 Å². The maximum atomic E-state index is 12.2. The molecule has 1 aromatic carbocycles. The zero-order chi connectivity index (χ0) is 26.8. The van der Waals surface area contributed by atoms with Crippen molar-refractivity contribution < 1.29 is 4.79 Å². The van der Waals surface area contributed by atoms with Gasteiger partial charge in [0.15, 0.2) is 5.69 Å². The molecular formula is C30H33N7O. The predicted molar refractivity (Wildman–Crippen MR) is 148 cm³/mol. The summed E-state index contributed by atoms with van der Waals surface area (Å²) >= 11 is 0. The van der Waals surface area contributed by atoms with Crippen LogP contribution in [0.1, 0.15) is 58.6 Å². The number of fused-ring (bicyclic) bond motifs is 1. The van der Waals surface area contributed by atoms with Crippen molar-refractivity contribution in [2.75, 3.05) is 39.5 Å². The minimum atomic E-state index is 0.0361. The summed E-state index contributed by atoms with van der Waals surface area (Å²) in [6.45, 7) is 5.25. The molecule has 1 aliphatic heterocycles. The molecule has 0 saturated carbocycles. The van der Waals surface area contributed by atoms with Crippen LogP contribution in [0.5, 0.6) is 0 Å². The Hall–Kier alpha value is -4.09. The Morgan fingerprint density at radius 2 is 1.87 bits per heavy atom. The van der Waals surface area contributed by atoms with Crippen LogP contribution in [0.25, 0.3) is 17.2 Å². The fourth-order valence-electron chi connectivity index (χ4n) is 5.54. The quantitative estimate of drug-likeness (QED) is 0.552. The molecule has 3 heterocycles. The van der Waals surface area contributed by atoms with E-state index in [1.165, 1.54) is 11.1 Å². The average Bonchev–Trinajstić information content (AvgIpc) is 2.93. The maximum Gasteiger partial charge on any atom is 0.253 e. The van der Waals surface area contributed by atoms with Gasteiger partial charge < -0.3 is 10.6 Å². The highest BCUT2D eigenvalue weighted by atomic mass is 16.2. The Morgan fingerprint density at radius 1 is 1.13 bits per heavy atom. The monoisotopic (exact) mass is 507 g/mol. The van der Waals surface area contributed by atoms with E-state index in [0.717, 1.165) is 61.3 Å². The Labute approximate surface area is 223 Å². The summed E-state index contributed by atoms with van der Waals surface area (Å²) in [6, 6.07) is 12.2. The summed E-state index contributed by atoms with van der Waals surface area (Å²) < 4.78 is 0. The molecule has 1 atom stereocenters. The number of pyridine rings is 1. The normalized spacial score (nSPS) is 17.8. The third kappa shape index (κ3) is 5.15. The molecule has 2 aliphatic rings. The van der Waals surface area contributed by atoms with Crippen molar-refractivity contribution in [1.29, 1.82) is 5.26 Å². The Bertz CT molecular complexity index is 1410.